The van der Waals surface area contributed by atoms with Crippen molar-refractivity contribution in [2.24, 2.45) is 17.8 Å². The molecular weight excluding hydrogens is 464 g/mol. The van der Waals surface area contributed by atoms with Crippen molar-refractivity contribution in [3.05, 3.63) is 11.6 Å². The van der Waals surface area contributed by atoms with E-state index in [1.807, 2.05) is 0 Å². The van der Waals surface area contributed by atoms with Crippen molar-refractivity contribution in [1.29, 1.82) is 0 Å². The zero-order chi connectivity index (χ0) is 28.3. The average molecular weight is 535 g/mol. The molecule has 0 N–H and O–H groups in total. The van der Waals surface area contributed by atoms with Crippen LogP contribution in [0.5, 0.6) is 0 Å². The number of allylic oxidation sites excluding steroid dienone is 1. The van der Waals surface area contributed by atoms with Gasteiger partial charge in [-0.05, 0) is 50.0 Å². The van der Waals surface area contributed by atoms with Crippen LogP contribution < -0.4 is 0 Å². The van der Waals surface area contributed by atoms with Crippen molar-refractivity contribution in [2.75, 3.05) is 6.61 Å². The van der Waals surface area contributed by atoms with Crippen LogP contribution in [-0.4, -0.2) is 12.6 Å². The van der Waals surface area contributed by atoms with Gasteiger partial charge in [0.15, 0.2) is 0 Å². The Morgan fingerprint density at radius 2 is 1.03 bits per heavy atom. The van der Waals surface area contributed by atoms with E-state index < -0.39 is 0 Å². The van der Waals surface area contributed by atoms with Crippen molar-refractivity contribution in [2.45, 2.75) is 189 Å². The predicted molar refractivity (Wildman–Crippen MR) is 170 cm³/mol. The molecule has 0 radical (unpaired) electrons. The second-order valence-electron chi connectivity index (χ2n) is 13.1. The number of carbonyl (C=O) groups is 1. The fourth-order valence-corrected chi connectivity index (χ4v) is 5.45. The van der Waals surface area contributed by atoms with E-state index in [2.05, 4.69) is 47.6 Å². The van der Waals surface area contributed by atoms with Crippen LogP contribution in [0.3, 0.4) is 0 Å². The second-order valence-corrected chi connectivity index (χ2v) is 13.1. The number of carbonyl (C=O) groups excluding carboxylic acids is 1. The molecular formula is C36H70O2. The maximum atomic E-state index is 12.0. The van der Waals surface area contributed by atoms with E-state index in [1.165, 1.54) is 128 Å². The molecule has 0 heterocycles. The predicted octanol–water partition coefficient (Wildman–Crippen LogP) is 12.4. The molecule has 0 aliphatic carbocycles. The topological polar surface area (TPSA) is 26.3 Å². The molecule has 0 rings (SSSR count). The highest BCUT2D eigenvalue weighted by molar-refractivity contribution is 5.69. The van der Waals surface area contributed by atoms with E-state index in [9.17, 15) is 4.79 Å². The van der Waals surface area contributed by atoms with E-state index in [1.54, 1.807) is 0 Å². The summed E-state index contributed by atoms with van der Waals surface area (Å²) in [6.07, 6.45) is 32.0. The molecule has 2 nitrogen and oxygen atoms in total. The normalized spacial score (nSPS) is 13.7. The van der Waals surface area contributed by atoms with Gasteiger partial charge in [0.25, 0.3) is 0 Å². The van der Waals surface area contributed by atoms with Crippen LogP contribution in [-0.2, 0) is 9.53 Å². The molecule has 0 spiro atoms. The molecule has 0 aliphatic heterocycles. The van der Waals surface area contributed by atoms with E-state index >= 15 is 0 Å². The first-order chi connectivity index (χ1) is 18.3. The molecule has 0 saturated carbocycles. The first-order valence-corrected chi connectivity index (χ1v) is 17.2. The van der Waals surface area contributed by atoms with Gasteiger partial charge in [-0.2, -0.15) is 0 Å². The molecule has 0 unspecified atom stereocenters. The summed E-state index contributed by atoms with van der Waals surface area (Å²) >= 11 is 0. The van der Waals surface area contributed by atoms with Crippen molar-refractivity contribution in [1.82, 2.24) is 0 Å². The Balaban J connectivity index is 3.55. The molecule has 0 aliphatic rings. The SMILES string of the molecule is CCCCCCCCCCCCCCCC(=O)OC/C=C(/C)CCC[C@@H](C)CCC[C@H](C)CCCC(C)C. The third kappa shape index (κ3) is 28.2. The van der Waals surface area contributed by atoms with Crippen molar-refractivity contribution < 1.29 is 9.53 Å². The van der Waals surface area contributed by atoms with E-state index in [4.69, 9.17) is 4.74 Å². The van der Waals surface area contributed by atoms with Gasteiger partial charge in [0.1, 0.15) is 6.61 Å². The molecule has 226 valence electrons. The Hall–Kier alpha value is -0.790. The fourth-order valence-electron chi connectivity index (χ4n) is 5.45. The number of rotatable bonds is 28. The first-order valence-electron chi connectivity index (χ1n) is 17.2. The Labute approximate surface area is 240 Å². The summed E-state index contributed by atoms with van der Waals surface area (Å²) in [5.74, 6) is 2.53. The van der Waals surface area contributed by atoms with Crippen LogP contribution in [0.15, 0.2) is 11.6 Å². The van der Waals surface area contributed by atoms with E-state index in [0.29, 0.717) is 13.0 Å². The molecule has 0 fully saturated rings. The molecule has 0 aromatic rings. The number of esters is 1. The minimum absolute atomic E-state index is 0.0239. The molecule has 0 aromatic heterocycles. The van der Waals surface area contributed by atoms with Gasteiger partial charge in [-0.15, -0.1) is 0 Å². The van der Waals surface area contributed by atoms with Gasteiger partial charge < -0.3 is 4.74 Å². The molecule has 0 saturated heterocycles. The molecule has 0 bridgehead atoms. The van der Waals surface area contributed by atoms with Gasteiger partial charge >= 0.3 is 5.97 Å². The molecule has 38 heavy (non-hydrogen) atoms. The van der Waals surface area contributed by atoms with Crippen LogP contribution in [0.2, 0.25) is 0 Å². The molecule has 0 amide bonds. The lowest BCUT2D eigenvalue weighted by molar-refractivity contribution is -0.142. The highest BCUT2D eigenvalue weighted by Gasteiger charge is 2.07. The van der Waals surface area contributed by atoms with Crippen LogP contribution >= 0.6 is 0 Å². The zero-order valence-corrected chi connectivity index (χ0v) is 27.1. The van der Waals surface area contributed by atoms with Gasteiger partial charge in [-0.3, -0.25) is 4.79 Å². The standard InChI is InChI=1S/C36H70O2/c1-7-8-9-10-11-12-13-14-15-16-17-18-19-29-36(37)38-31-30-35(6)28-22-27-34(5)26-21-25-33(4)24-20-23-32(2)3/h30,32-34H,7-29,31H2,1-6H3/b35-30-/t33-,34+/m1/s1. The third-order valence-electron chi connectivity index (χ3n) is 8.30. The third-order valence-corrected chi connectivity index (χ3v) is 8.30. The lowest BCUT2D eigenvalue weighted by Crippen LogP contribution is -2.04. The summed E-state index contributed by atoms with van der Waals surface area (Å²) in [7, 11) is 0. The first kappa shape index (κ1) is 37.2. The fraction of sp³-hybridized carbons (Fsp3) is 0.917. The summed E-state index contributed by atoms with van der Waals surface area (Å²) in [6, 6.07) is 0. The highest BCUT2D eigenvalue weighted by Crippen LogP contribution is 2.22. The van der Waals surface area contributed by atoms with Gasteiger partial charge in [0, 0.05) is 6.42 Å². The quantitative estimate of drug-likeness (QED) is 0.0566. The summed E-state index contributed by atoms with van der Waals surface area (Å²) in [5.41, 5.74) is 1.37. The van der Waals surface area contributed by atoms with Crippen molar-refractivity contribution in [3.8, 4) is 0 Å². The van der Waals surface area contributed by atoms with Gasteiger partial charge in [-0.25, -0.2) is 0 Å². The highest BCUT2D eigenvalue weighted by atomic mass is 16.5. The van der Waals surface area contributed by atoms with Gasteiger partial charge in [-0.1, -0.05) is 162 Å². The second kappa shape index (κ2) is 27.8. The van der Waals surface area contributed by atoms with Crippen LogP contribution in [0.1, 0.15) is 189 Å². The molecule has 0 aromatic carbocycles. The lowest BCUT2D eigenvalue weighted by Gasteiger charge is -2.15. The number of unbranched alkanes of at least 4 members (excludes halogenated alkanes) is 12. The Bertz CT molecular complexity index is 535. The molecule has 2 atom stereocenters. The summed E-state index contributed by atoms with van der Waals surface area (Å²) in [4.78, 5) is 12.0. The largest absolute Gasteiger partial charge is 0.461 e. The lowest BCUT2D eigenvalue weighted by atomic mass is 9.91. The number of hydrogen-bond donors (Lipinski definition) is 0. The number of hydrogen-bond acceptors (Lipinski definition) is 2. The summed E-state index contributed by atoms with van der Waals surface area (Å²) < 4.78 is 5.45. The van der Waals surface area contributed by atoms with E-state index in [0.717, 1.165) is 37.0 Å². The summed E-state index contributed by atoms with van der Waals surface area (Å²) in [5, 5.41) is 0. The van der Waals surface area contributed by atoms with Crippen molar-refractivity contribution in [3.63, 3.8) is 0 Å². The smallest absolute Gasteiger partial charge is 0.306 e. The van der Waals surface area contributed by atoms with E-state index in [-0.39, 0.29) is 5.97 Å². The Morgan fingerprint density at radius 1 is 0.579 bits per heavy atom. The zero-order valence-electron chi connectivity index (χ0n) is 27.1. The van der Waals surface area contributed by atoms with Gasteiger partial charge in [0.2, 0.25) is 0 Å². The van der Waals surface area contributed by atoms with Crippen molar-refractivity contribution >= 4 is 5.97 Å². The minimum atomic E-state index is -0.0239. The van der Waals surface area contributed by atoms with Crippen LogP contribution in [0, 0.1) is 17.8 Å². The Kier molecular flexibility index (Phi) is 27.2. The minimum Gasteiger partial charge on any atom is -0.461 e. The maximum absolute atomic E-state index is 12.0. The Morgan fingerprint density at radius 3 is 1.53 bits per heavy atom. The monoisotopic (exact) mass is 535 g/mol. The van der Waals surface area contributed by atoms with Gasteiger partial charge in [0.05, 0.1) is 0 Å². The van der Waals surface area contributed by atoms with Crippen LogP contribution in [0.4, 0.5) is 0 Å². The maximum Gasteiger partial charge on any atom is 0.306 e. The molecule has 2 heteroatoms. The van der Waals surface area contributed by atoms with Crippen LogP contribution in [0.25, 0.3) is 0 Å². The average Bonchev–Trinajstić information content (AvgIpc) is 2.86. The number of ether oxygens (including phenoxy) is 1. The summed E-state index contributed by atoms with van der Waals surface area (Å²) in [6.45, 7) is 14.4.